The quantitative estimate of drug-likeness (QED) is 0.418. The summed E-state index contributed by atoms with van der Waals surface area (Å²) in [5.74, 6) is 0.953. The van der Waals surface area contributed by atoms with Crippen LogP contribution in [0.2, 0.25) is 0 Å². The fraction of sp³-hybridized carbons (Fsp3) is 0.727. The van der Waals surface area contributed by atoms with E-state index >= 15 is 0 Å². The number of imidazole rings is 1. The van der Waals surface area contributed by atoms with Gasteiger partial charge in [0.25, 0.3) is 0 Å². The molecule has 0 saturated heterocycles. The van der Waals surface area contributed by atoms with Gasteiger partial charge < -0.3 is 20.5 Å². The smallest absolute Gasteiger partial charge is 0.396 e. The van der Waals surface area contributed by atoms with Crippen molar-refractivity contribution in [1.82, 2.24) is 9.55 Å². The third kappa shape index (κ3) is 3.69. The highest BCUT2D eigenvalue weighted by Gasteiger charge is 2.22. The first-order valence-electron chi connectivity index (χ1n) is 6.10. The Labute approximate surface area is 106 Å². The lowest BCUT2D eigenvalue weighted by Crippen LogP contribution is -2.08. The van der Waals surface area contributed by atoms with Crippen LogP contribution in [-0.2, 0) is 7.05 Å². The summed E-state index contributed by atoms with van der Waals surface area (Å²) in [6.45, 7) is 2.63. The molecule has 18 heavy (non-hydrogen) atoms. The van der Waals surface area contributed by atoms with Gasteiger partial charge in [-0.15, -0.1) is 0 Å². The number of aromatic nitrogens is 2. The molecule has 0 aromatic carbocycles. The third-order valence-corrected chi connectivity index (χ3v) is 2.85. The first kappa shape index (κ1) is 14.4. The number of rotatable bonds is 8. The van der Waals surface area contributed by atoms with Gasteiger partial charge in [0, 0.05) is 27.1 Å². The molecule has 7 nitrogen and oxygen atoms in total. The standard InChI is InChI=1S/C11H20N4O3/c1-9-13-11(15(17)18)10(14(9)2)12-7-5-3-4-6-8-16/h12,16H,3-8H2,1-2H3. The molecule has 0 unspecified atom stereocenters. The molecule has 0 aliphatic carbocycles. The fourth-order valence-electron chi connectivity index (χ4n) is 1.72. The Morgan fingerprint density at radius 1 is 1.39 bits per heavy atom. The van der Waals surface area contributed by atoms with Gasteiger partial charge in [-0.05, 0) is 22.7 Å². The van der Waals surface area contributed by atoms with E-state index in [1.54, 1.807) is 18.5 Å². The molecule has 1 aromatic rings. The van der Waals surface area contributed by atoms with E-state index < -0.39 is 4.92 Å². The molecular weight excluding hydrogens is 236 g/mol. The number of nitrogens with one attached hydrogen (secondary N) is 1. The number of unbranched alkanes of at least 4 members (excludes halogenated alkanes) is 3. The summed E-state index contributed by atoms with van der Waals surface area (Å²) < 4.78 is 1.69. The van der Waals surface area contributed by atoms with E-state index in [-0.39, 0.29) is 12.4 Å². The van der Waals surface area contributed by atoms with Crippen LogP contribution < -0.4 is 5.32 Å². The molecule has 0 spiro atoms. The summed E-state index contributed by atoms with van der Waals surface area (Å²) in [5, 5.41) is 22.5. The van der Waals surface area contributed by atoms with Crippen LogP contribution in [0.4, 0.5) is 11.6 Å². The van der Waals surface area contributed by atoms with Crippen molar-refractivity contribution in [2.45, 2.75) is 32.6 Å². The van der Waals surface area contributed by atoms with Gasteiger partial charge >= 0.3 is 5.82 Å². The van der Waals surface area contributed by atoms with Crippen molar-refractivity contribution in [3.8, 4) is 0 Å². The van der Waals surface area contributed by atoms with E-state index in [2.05, 4.69) is 10.3 Å². The van der Waals surface area contributed by atoms with Gasteiger partial charge in [0.05, 0.1) is 0 Å². The maximum Gasteiger partial charge on any atom is 0.406 e. The van der Waals surface area contributed by atoms with Crippen LogP contribution in [0, 0.1) is 17.0 Å². The van der Waals surface area contributed by atoms with Gasteiger partial charge in [-0.25, -0.2) is 0 Å². The Balaban J connectivity index is 2.48. The molecule has 102 valence electrons. The number of hydrogen-bond acceptors (Lipinski definition) is 5. The van der Waals surface area contributed by atoms with Gasteiger partial charge in [0.2, 0.25) is 11.6 Å². The topological polar surface area (TPSA) is 93.2 Å². The molecule has 0 atom stereocenters. The molecule has 2 N–H and O–H groups in total. The van der Waals surface area contributed by atoms with Crippen LogP contribution >= 0.6 is 0 Å². The van der Waals surface area contributed by atoms with E-state index in [4.69, 9.17) is 5.11 Å². The second-order valence-corrected chi connectivity index (χ2v) is 4.21. The summed E-state index contributed by atoms with van der Waals surface area (Å²) in [7, 11) is 1.75. The van der Waals surface area contributed by atoms with Crippen molar-refractivity contribution in [2.75, 3.05) is 18.5 Å². The van der Waals surface area contributed by atoms with Gasteiger partial charge in [0.1, 0.15) is 0 Å². The molecule has 0 bridgehead atoms. The fourth-order valence-corrected chi connectivity index (χ4v) is 1.72. The molecule has 0 saturated carbocycles. The highest BCUT2D eigenvalue weighted by atomic mass is 16.6. The molecular formula is C11H20N4O3. The number of aryl methyl sites for hydroxylation is 1. The minimum Gasteiger partial charge on any atom is -0.396 e. The van der Waals surface area contributed by atoms with E-state index in [0.29, 0.717) is 18.2 Å². The van der Waals surface area contributed by atoms with Crippen LogP contribution in [0.25, 0.3) is 0 Å². The van der Waals surface area contributed by atoms with Gasteiger partial charge in [0.15, 0.2) is 0 Å². The van der Waals surface area contributed by atoms with E-state index in [9.17, 15) is 10.1 Å². The monoisotopic (exact) mass is 256 g/mol. The second-order valence-electron chi connectivity index (χ2n) is 4.21. The first-order chi connectivity index (χ1) is 8.57. The Bertz CT molecular complexity index is 403. The first-order valence-corrected chi connectivity index (χ1v) is 6.10. The third-order valence-electron chi connectivity index (χ3n) is 2.85. The predicted molar refractivity (Wildman–Crippen MR) is 68.6 cm³/mol. The van der Waals surface area contributed by atoms with Crippen LogP contribution in [0.15, 0.2) is 0 Å². The van der Waals surface area contributed by atoms with E-state index in [1.165, 1.54) is 0 Å². The molecule has 0 aliphatic heterocycles. The summed E-state index contributed by atoms with van der Waals surface area (Å²) >= 11 is 0. The van der Waals surface area contributed by atoms with Crippen molar-refractivity contribution in [2.24, 2.45) is 7.05 Å². The molecule has 1 rings (SSSR count). The SMILES string of the molecule is Cc1nc([N+](=O)[O-])c(NCCCCCCO)n1C. The lowest BCUT2D eigenvalue weighted by atomic mass is 10.2. The molecule has 7 heteroatoms. The average molecular weight is 256 g/mol. The highest BCUT2D eigenvalue weighted by Crippen LogP contribution is 2.23. The van der Waals surface area contributed by atoms with Crippen molar-refractivity contribution in [3.05, 3.63) is 15.9 Å². The number of hydrogen-bond donors (Lipinski definition) is 2. The van der Waals surface area contributed by atoms with Crippen LogP contribution in [0.3, 0.4) is 0 Å². The zero-order chi connectivity index (χ0) is 13.5. The van der Waals surface area contributed by atoms with Gasteiger partial charge in [-0.3, -0.25) is 4.57 Å². The summed E-state index contributed by atoms with van der Waals surface area (Å²) in [6.07, 6.45) is 3.70. The predicted octanol–water partition coefficient (Wildman–Crippen LogP) is 1.60. The molecule has 0 aliphatic rings. The molecule has 0 fully saturated rings. The minimum absolute atomic E-state index is 0.120. The molecule has 0 amide bonds. The van der Waals surface area contributed by atoms with Crippen LogP contribution in [0.5, 0.6) is 0 Å². The number of aliphatic hydroxyl groups is 1. The molecule has 0 radical (unpaired) electrons. The Kier molecular flexibility index (Phi) is 5.57. The van der Waals surface area contributed by atoms with Crippen LogP contribution in [0.1, 0.15) is 31.5 Å². The summed E-state index contributed by atoms with van der Waals surface area (Å²) in [4.78, 5) is 14.3. The van der Waals surface area contributed by atoms with E-state index in [1.807, 2.05) is 0 Å². The van der Waals surface area contributed by atoms with Crippen LogP contribution in [-0.4, -0.2) is 32.7 Å². The lowest BCUT2D eigenvalue weighted by molar-refractivity contribution is -0.388. The van der Waals surface area contributed by atoms with Gasteiger partial charge in [-0.2, -0.15) is 0 Å². The van der Waals surface area contributed by atoms with Crippen molar-refractivity contribution in [3.63, 3.8) is 0 Å². The minimum atomic E-state index is -0.471. The Hall–Kier alpha value is -1.63. The largest absolute Gasteiger partial charge is 0.406 e. The summed E-state index contributed by atoms with van der Waals surface area (Å²) in [6, 6.07) is 0. The van der Waals surface area contributed by atoms with E-state index in [0.717, 1.165) is 25.7 Å². The maximum atomic E-state index is 10.8. The normalized spacial score (nSPS) is 10.6. The number of nitrogens with zero attached hydrogens (tertiary/aromatic N) is 3. The average Bonchev–Trinajstić information content (AvgIpc) is 2.61. The van der Waals surface area contributed by atoms with Crippen molar-refractivity contribution < 1.29 is 10.0 Å². The highest BCUT2D eigenvalue weighted by molar-refractivity contribution is 5.53. The van der Waals surface area contributed by atoms with Gasteiger partial charge in [-0.1, -0.05) is 12.8 Å². The zero-order valence-corrected chi connectivity index (χ0v) is 10.8. The number of aliphatic hydroxyl groups excluding tert-OH is 1. The lowest BCUT2D eigenvalue weighted by Gasteiger charge is -2.06. The maximum absolute atomic E-state index is 10.8. The summed E-state index contributed by atoms with van der Waals surface area (Å²) in [5.41, 5.74) is 0. The van der Waals surface area contributed by atoms with Crippen molar-refractivity contribution >= 4 is 11.6 Å². The Morgan fingerprint density at radius 2 is 2.06 bits per heavy atom. The van der Waals surface area contributed by atoms with Crippen molar-refractivity contribution in [1.29, 1.82) is 0 Å². The Morgan fingerprint density at radius 3 is 2.67 bits per heavy atom. The molecule has 1 heterocycles. The zero-order valence-electron chi connectivity index (χ0n) is 10.8. The molecule has 1 aromatic heterocycles. The second kappa shape index (κ2) is 6.95. The number of nitro groups is 1. The number of anilines is 1.